The smallest absolute Gasteiger partial charge is 0.265 e. The Morgan fingerprint density at radius 1 is 1.50 bits per heavy atom. The molecule has 0 bridgehead atoms. The molecule has 2 N–H and O–H groups in total. The molecule has 0 aromatic carbocycles. The lowest BCUT2D eigenvalue weighted by Crippen LogP contribution is -2.13. The number of hydrogen-bond acceptors (Lipinski definition) is 6. The van der Waals surface area contributed by atoms with Crippen LogP contribution in [0.5, 0.6) is 0 Å². The summed E-state index contributed by atoms with van der Waals surface area (Å²) >= 11 is 1.12. The molecule has 0 amide bonds. The van der Waals surface area contributed by atoms with Crippen LogP contribution in [0.25, 0.3) is 0 Å². The summed E-state index contributed by atoms with van der Waals surface area (Å²) in [6.07, 6.45) is 2.03. The van der Waals surface area contributed by atoms with Crippen LogP contribution in [0.4, 0.5) is 5.13 Å². The fraction of sp³-hybridized carbons (Fsp3) is 0.200. The number of pyridine rings is 1. The van der Waals surface area contributed by atoms with Gasteiger partial charge in [0.25, 0.3) is 10.0 Å². The molecule has 2 aromatic rings. The van der Waals surface area contributed by atoms with Crippen molar-refractivity contribution in [3.8, 4) is 0 Å². The zero-order chi connectivity index (χ0) is 13.2. The van der Waals surface area contributed by atoms with E-state index in [9.17, 15) is 13.5 Å². The number of aliphatic hydroxyl groups excluding tert-OH is 1. The highest BCUT2D eigenvalue weighted by atomic mass is 32.2. The summed E-state index contributed by atoms with van der Waals surface area (Å²) in [4.78, 5) is 7.80. The first kappa shape index (κ1) is 12.9. The van der Waals surface area contributed by atoms with E-state index in [2.05, 4.69) is 14.7 Å². The number of thiazole rings is 1. The molecule has 2 aromatic heterocycles. The summed E-state index contributed by atoms with van der Waals surface area (Å²) in [5.74, 6) is 0. The molecule has 2 heterocycles. The zero-order valence-corrected chi connectivity index (χ0v) is 11.1. The van der Waals surface area contributed by atoms with Crippen molar-refractivity contribution in [2.45, 2.75) is 17.9 Å². The Labute approximate surface area is 108 Å². The average Bonchev–Trinajstić information content (AvgIpc) is 2.78. The van der Waals surface area contributed by atoms with Gasteiger partial charge in [-0.2, -0.15) is 0 Å². The number of aromatic nitrogens is 2. The van der Waals surface area contributed by atoms with E-state index >= 15 is 0 Å². The van der Waals surface area contributed by atoms with Crippen molar-refractivity contribution in [3.63, 3.8) is 0 Å². The number of rotatable bonds is 4. The SMILES string of the molecule is CC(O)c1csc(NS(=O)(=O)c2cccnc2)n1. The third-order valence-electron chi connectivity index (χ3n) is 2.12. The van der Waals surface area contributed by atoms with Gasteiger partial charge in [0.1, 0.15) is 4.90 Å². The van der Waals surface area contributed by atoms with E-state index in [0.29, 0.717) is 5.69 Å². The van der Waals surface area contributed by atoms with E-state index in [1.54, 1.807) is 12.3 Å². The van der Waals surface area contributed by atoms with Gasteiger partial charge in [0.2, 0.25) is 0 Å². The molecular weight excluding hydrogens is 274 g/mol. The number of hydrogen-bond donors (Lipinski definition) is 2. The van der Waals surface area contributed by atoms with E-state index in [4.69, 9.17) is 0 Å². The maximum atomic E-state index is 11.9. The van der Waals surface area contributed by atoms with E-state index in [1.807, 2.05) is 0 Å². The fourth-order valence-corrected chi connectivity index (χ4v) is 3.22. The van der Waals surface area contributed by atoms with Crippen molar-refractivity contribution in [3.05, 3.63) is 35.6 Å². The van der Waals surface area contributed by atoms with Crippen LogP contribution in [0.3, 0.4) is 0 Å². The minimum atomic E-state index is -3.67. The minimum absolute atomic E-state index is 0.0683. The first-order valence-corrected chi connectivity index (χ1v) is 7.41. The number of nitrogens with zero attached hydrogens (tertiary/aromatic N) is 2. The first-order valence-electron chi connectivity index (χ1n) is 5.05. The van der Waals surface area contributed by atoms with Crippen molar-refractivity contribution in [2.75, 3.05) is 4.72 Å². The van der Waals surface area contributed by atoms with E-state index in [1.165, 1.54) is 24.5 Å². The highest BCUT2D eigenvalue weighted by molar-refractivity contribution is 7.93. The molecule has 0 aliphatic carbocycles. The average molecular weight is 285 g/mol. The summed E-state index contributed by atoms with van der Waals surface area (Å²) in [5.41, 5.74) is 0.434. The Morgan fingerprint density at radius 3 is 2.83 bits per heavy atom. The minimum Gasteiger partial charge on any atom is -0.387 e. The Hall–Kier alpha value is -1.51. The van der Waals surface area contributed by atoms with Crippen LogP contribution in [-0.2, 0) is 10.0 Å². The predicted octanol–water partition coefficient (Wildman–Crippen LogP) is 1.39. The summed E-state index contributed by atoms with van der Waals surface area (Å²) in [6, 6.07) is 2.98. The molecule has 6 nitrogen and oxygen atoms in total. The Bertz CT molecular complexity index is 623. The normalized spacial score (nSPS) is 13.2. The van der Waals surface area contributed by atoms with Gasteiger partial charge in [-0.3, -0.25) is 9.71 Å². The summed E-state index contributed by atoms with van der Waals surface area (Å²) in [7, 11) is -3.67. The molecule has 1 unspecified atom stereocenters. The monoisotopic (exact) mass is 285 g/mol. The highest BCUT2D eigenvalue weighted by Crippen LogP contribution is 2.22. The summed E-state index contributed by atoms with van der Waals surface area (Å²) < 4.78 is 26.2. The lowest BCUT2D eigenvalue weighted by Gasteiger charge is -2.04. The number of sulfonamides is 1. The van der Waals surface area contributed by atoms with E-state index in [-0.39, 0.29) is 10.0 Å². The topological polar surface area (TPSA) is 92.2 Å². The van der Waals surface area contributed by atoms with E-state index < -0.39 is 16.1 Å². The van der Waals surface area contributed by atoms with Gasteiger partial charge in [-0.15, -0.1) is 11.3 Å². The van der Waals surface area contributed by atoms with Crippen LogP contribution < -0.4 is 4.72 Å². The molecule has 0 aliphatic rings. The molecule has 0 spiro atoms. The van der Waals surface area contributed by atoms with Crippen LogP contribution in [0, 0.1) is 0 Å². The van der Waals surface area contributed by atoms with Crippen molar-refractivity contribution in [1.82, 2.24) is 9.97 Å². The summed E-state index contributed by atoms with van der Waals surface area (Å²) in [5, 5.41) is 11.1. The van der Waals surface area contributed by atoms with Crippen LogP contribution >= 0.6 is 11.3 Å². The van der Waals surface area contributed by atoms with Gasteiger partial charge >= 0.3 is 0 Å². The molecule has 0 radical (unpaired) electrons. The Kier molecular flexibility index (Phi) is 3.60. The first-order chi connectivity index (χ1) is 8.49. The number of aliphatic hydroxyl groups is 1. The second kappa shape index (κ2) is 5.01. The maximum absolute atomic E-state index is 11.9. The Balaban J connectivity index is 2.23. The van der Waals surface area contributed by atoms with Gasteiger partial charge in [-0.25, -0.2) is 13.4 Å². The van der Waals surface area contributed by atoms with Crippen molar-refractivity contribution < 1.29 is 13.5 Å². The predicted molar refractivity (Wildman–Crippen MR) is 67.8 cm³/mol. The van der Waals surface area contributed by atoms with Gasteiger partial charge < -0.3 is 5.11 Å². The third kappa shape index (κ3) is 2.84. The molecule has 18 heavy (non-hydrogen) atoms. The van der Waals surface area contributed by atoms with Gasteiger partial charge in [0, 0.05) is 17.8 Å². The third-order valence-corrected chi connectivity index (χ3v) is 4.35. The fourth-order valence-electron chi connectivity index (χ4n) is 1.20. The molecule has 0 fully saturated rings. The van der Waals surface area contributed by atoms with Crippen molar-refractivity contribution in [1.29, 1.82) is 0 Å². The zero-order valence-electron chi connectivity index (χ0n) is 9.44. The van der Waals surface area contributed by atoms with Crippen LogP contribution in [0.2, 0.25) is 0 Å². The van der Waals surface area contributed by atoms with Gasteiger partial charge in [0.05, 0.1) is 11.8 Å². The molecule has 0 saturated heterocycles. The van der Waals surface area contributed by atoms with E-state index in [0.717, 1.165) is 11.3 Å². The Morgan fingerprint density at radius 2 is 2.28 bits per heavy atom. The molecular formula is C10H11N3O3S2. The van der Waals surface area contributed by atoms with Crippen LogP contribution in [-0.4, -0.2) is 23.5 Å². The molecule has 96 valence electrons. The molecule has 0 saturated carbocycles. The van der Waals surface area contributed by atoms with Crippen LogP contribution in [0.15, 0.2) is 34.8 Å². The number of nitrogens with one attached hydrogen (secondary N) is 1. The molecule has 0 aliphatic heterocycles. The molecule has 8 heteroatoms. The second-order valence-corrected chi connectivity index (χ2v) is 6.09. The second-order valence-electron chi connectivity index (χ2n) is 3.55. The maximum Gasteiger partial charge on any atom is 0.265 e. The standard InChI is InChI=1S/C10H11N3O3S2/c1-7(14)9-6-17-10(12-9)13-18(15,16)8-3-2-4-11-5-8/h2-7,14H,1H3,(H,12,13). The quantitative estimate of drug-likeness (QED) is 0.885. The van der Waals surface area contributed by atoms with Gasteiger partial charge in [-0.05, 0) is 19.1 Å². The molecule has 2 rings (SSSR count). The van der Waals surface area contributed by atoms with Gasteiger partial charge in [-0.1, -0.05) is 0 Å². The lowest BCUT2D eigenvalue weighted by molar-refractivity contribution is 0.195. The highest BCUT2D eigenvalue weighted by Gasteiger charge is 2.16. The molecule has 1 atom stereocenters. The van der Waals surface area contributed by atoms with Crippen molar-refractivity contribution in [2.24, 2.45) is 0 Å². The van der Waals surface area contributed by atoms with Crippen LogP contribution in [0.1, 0.15) is 18.7 Å². The lowest BCUT2D eigenvalue weighted by atomic mass is 10.3. The van der Waals surface area contributed by atoms with Crippen molar-refractivity contribution >= 4 is 26.5 Å². The van der Waals surface area contributed by atoms with Gasteiger partial charge in [0.15, 0.2) is 5.13 Å². The largest absolute Gasteiger partial charge is 0.387 e. The number of anilines is 1. The summed E-state index contributed by atoms with van der Waals surface area (Å²) in [6.45, 7) is 1.56.